The molecule has 0 unspecified atom stereocenters. The summed E-state index contributed by atoms with van der Waals surface area (Å²) in [6, 6.07) is 0. The van der Waals surface area contributed by atoms with Crippen LogP contribution in [0.25, 0.3) is 11.2 Å². The third-order valence-corrected chi connectivity index (χ3v) is 5.33. The van der Waals surface area contributed by atoms with Crippen molar-refractivity contribution in [1.82, 2.24) is 29.4 Å². The molecule has 138 valence electrons. The molecule has 0 radical (unpaired) electrons. The summed E-state index contributed by atoms with van der Waals surface area (Å²) < 4.78 is 7.43. The molecular weight excluding hydrogens is 350 g/mol. The van der Waals surface area contributed by atoms with Crippen LogP contribution in [-0.2, 0) is 24.9 Å². The predicted molar refractivity (Wildman–Crippen MR) is 101 cm³/mol. The number of rotatable bonds is 5. The summed E-state index contributed by atoms with van der Waals surface area (Å²) >= 11 is 1.69. The molecule has 0 saturated carbocycles. The largest absolute Gasteiger partial charge is 0.378 e. The molecule has 4 heterocycles. The van der Waals surface area contributed by atoms with E-state index in [0.717, 1.165) is 66.4 Å². The first-order valence-corrected chi connectivity index (χ1v) is 9.58. The third kappa shape index (κ3) is 3.55. The maximum absolute atomic E-state index is 5.48. The van der Waals surface area contributed by atoms with Gasteiger partial charge in [-0.3, -0.25) is 4.90 Å². The van der Waals surface area contributed by atoms with Gasteiger partial charge in [-0.15, -0.1) is 11.3 Å². The molecule has 1 saturated heterocycles. The normalized spacial score (nSPS) is 15.3. The van der Waals surface area contributed by atoms with E-state index in [0.29, 0.717) is 6.54 Å². The van der Waals surface area contributed by atoms with Crippen molar-refractivity contribution in [3.05, 3.63) is 28.2 Å². The summed E-state index contributed by atoms with van der Waals surface area (Å²) in [5.41, 5.74) is 2.80. The maximum atomic E-state index is 5.48. The van der Waals surface area contributed by atoms with Crippen LogP contribution in [0.4, 0.5) is 5.82 Å². The van der Waals surface area contributed by atoms with Gasteiger partial charge in [-0.2, -0.15) is 0 Å². The molecule has 9 heteroatoms. The summed E-state index contributed by atoms with van der Waals surface area (Å²) in [5, 5.41) is 3.19. The lowest BCUT2D eigenvalue weighted by atomic mass is 10.3. The first kappa shape index (κ1) is 17.3. The Morgan fingerprint density at radius 2 is 2.00 bits per heavy atom. The van der Waals surface area contributed by atoms with E-state index in [1.165, 1.54) is 0 Å². The Morgan fingerprint density at radius 1 is 1.19 bits per heavy atom. The topological polar surface area (TPSA) is 72.2 Å². The van der Waals surface area contributed by atoms with Crippen LogP contribution in [0.1, 0.15) is 16.5 Å². The molecule has 3 aromatic rings. The van der Waals surface area contributed by atoms with Crippen molar-refractivity contribution in [2.75, 3.05) is 38.3 Å². The molecule has 26 heavy (non-hydrogen) atoms. The van der Waals surface area contributed by atoms with Crippen LogP contribution in [0.15, 0.2) is 11.7 Å². The summed E-state index contributed by atoms with van der Waals surface area (Å²) in [4.78, 5) is 23.1. The lowest BCUT2D eigenvalue weighted by Gasteiger charge is -2.28. The molecule has 4 rings (SSSR count). The number of aryl methyl sites for hydroxylation is 2. The highest BCUT2D eigenvalue weighted by Crippen LogP contribution is 2.23. The van der Waals surface area contributed by atoms with Crippen molar-refractivity contribution in [2.24, 2.45) is 7.05 Å². The molecule has 3 aromatic heterocycles. The van der Waals surface area contributed by atoms with Crippen LogP contribution in [0.2, 0.25) is 0 Å². The Balaban J connectivity index is 1.60. The van der Waals surface area contributed by atoms with E-state index in [1.807, 2.05) is 18.5 Å². The van der Waals surface area contributed by atoms with Gasteiger partial charge >= 0.3 is 0 Å². The molecule has 1 aliphatic heterocycles. The Morgan fingerprint density at radius 3 is 2.73 bits per heavy atom. The van der Waals surface area contributed by atoms with Crippen LogP contribution in [0.5, 0.6) is 0 Å². The number of fused-ring (bicyclic) bond motifs is 1. The molecule has 8 nitrogen and oxygen atoms in total. The molecule has 0 N–H and O–H groups in total. The zero-order chi connectivity index (χ0) is 18.1. The van der Waals surface area contributed by atoms with E-state index in [1.54, 1.807) is 17.7 Å². The van der Waals surface area contributed by atoms with Crippen molar-refractivity contribution < 1.29 is 4.74 Å². The van der Waals surface area contributed by atoms with Gasteiger partial charge in [0.1, 0.15) is 10.8 Å². The van der Waals surface area contributed by atoms with Crippen molar-refractivity contribution in [2.45, 2.75) is 20.0 Å². The highest BCUT2D eigenvalue weighted by molar-refractivity contribution is 7.09. The summed E-state index contributed by atoms with van der Waals surface area (Å²) in [6.07, 6.45) is 1.80. The van der Waals surface area contributed by atoms with Gasteiger partial charge in [0.05, 0.1) is 32.6 Å². The maximum Gasteiger partial charge on any atom is 0.165 e. The first-order chi connectivity index (χ1) is 12.6. The van der Waals surface area contributed by atoms with E-state index in [9.17, 15) is 0 Å². The monoisotopic (exact) mass is 373 g/mol. The average molecular weight is 373 g/mol. The van der Waals surface area contributed by atoms with Crippen LogP contribution >= 0.6 is 11.3 Å². The van der Waals surface area contributed by atoms with Crippen molar-refractivity contribution in [3.63, 3.8) is 0 Å². The second-order valence-corrected chi connectivity index (χ2v) is 7.59. The summed E-state index contributed by atoms with van der Waals surface area (Å²) in [7, 11) is 4.04. The van der Waals surface area contributed by atoms with Gasteiger partial charge in [0.15, 0.2) is 17.0 Å². The summed E-state index contributed by atoms with van der Waals surface area (Å²) in [6.45, 7) is 6.57. The zero-order valence-electron chi connectivity index (χ0n) is 15.3. The Hall–Kier alpha value is -2.10. The molecule has 0 spiro atoms. The van der Waals surface area contributed by atoms with Gasteiger partial charge in [0, 0.05) is 31.2 Å². The zero-order valence-corrected chi connectivity index (χ0v) is 16.2. The van der Waals surface area contributed by atoms with Gasteiger partial charge in [0.2, 0.25) is 0 Å². The van der Waals surface area contributed by atoms with Gasteiger partial charge in [-0.25, -0.2) is 19.9 Å². The van der Waals surface area contributed by atoms with E-state index >= 15 is 0 Å². The fourth-order valence-corrected chi connectivity index (χ4v) is 3.96. The fraction of sp³-hybridized carbons (Fsp3) is 0.529. The minimum absolute atomic E-state index is 0.664. The number of anilines is 1. The van der Waals surface area contributed by atoms with E-state index in [2.05, 4.69) is 32.2 Å². The molecule has 0 atom stereocenters. The Labute approximate surface area is 156 Å². The highest BCUT2D eigenvalue weighted by atomic mass is 32.1. The third-order valence-electron chi connectivity index (χ3n) is 4.38. The number of imidazole rings is 1. The van der Waals surface area contributed by atoms with E-state index in [4.69, 9.17) is 14.7 Å². The number of aromatic nitrogens is 5. The lowest BCUT2D eigenvalue weighted by molar-refractivity contribution is 0.122. The fourth-order valence-electron chi connectivity index (χ4n) is 3.11. The van der Waals surface area contributed by atoms with Crippen molar-refractivity contribution in [3.8, 4) is 0 Å². The van der Waals surface area contributed by atoms with Crippen molar-refractivity contribution >= 4 is 28.3 Å². The first-order valence-electron chi connectivity index (χ1n) is 8.70. The van der Waals surface area contributed by atoms with Crippen LogP contribution < -0.4 is 4.90 Å². The number of nitrogens with zero attached hydrogens (tertiary/aromatic N) is 7. The van der Waals surface area contributed by atoms with Crippen LogP contribution in [0.3, 0.4) is 0 Å². The van der Waals surface area contributed by atoms with Crippen LogP contribution in [0, 0.1) is 6.92 Å². The number of ether oxygens (including phenoxy) is 1. The Bertz CT molecular complexity index is 900. The number of hydrogen-bond donors (Lipinski definition) is 0. The smallest absolute Gasteiger partial charge is 0.165 e. The second kappa shape index (κ2) is 7.26. The number of thiazole rings is 1. The van der Waals surface area contributed by atoms with E-state index in [-0.39, 0.29) is 0 Å². The molecule has 0 bridgehead atoms. The number of morpholine rings is 1. The van der Waals surface area contributed by atoms with Crippen molar-refractivity contribution in [1.29, 1.82) is 0 Å². The summed E-state index contributed by atoms with van der Waals surface area (Å²) in [5.74, 6) is 1.71. The molecule has 0 amide bonds. The van der Waals surface area contributed by atoms with Gasteiger partial charge in [0.25, 0.3) is 0 Å². The van der Waals surface area contributed by atoms with E-state index < -0.39 is 0 Å². The number of hydrogen-bond acceptors (Lipinski definition) is 8. The standard InChI is InChI=1S/C17H23N7OS/c1-12-10-26-14(19-12)9-22(2)8-13-20-16-15(18-11-23(16)3)17(21-13)24-4-6-25-7-5-24/h10-11H,4-9H2,1-3H3. The van der Waals surface area contributed by atoms with Gasteiger partial charge in [-0.1, -0.05) is 0 Å². The average Bonchev–Trinajstić information content (AvgIpc) is 3.21. The molecule has 1 aliphatic rings. The SMILES string of the molecule is Cc1csc(CN(C)Cc2nc(N3CCOCC3)c3ncn(C)c3n2)n1. The highest BCUT2D eigenvalue weighted by Gasteiger charge is 2.20. The molecule has 0 aliphatic carbocycles. The quantitative estimate of drug-likeness (QED) is 0.672. The van der Waals surface area contributed by atoms with Gasteiger partial charge in [-0.05, 0) is 14.0 Å². The predicted octanol–water partition coefficient (Wildman–Crippen LogP) is 1.60. The minimum atomic E-state index is 0.664. The molecular formula is C17H23N7OS. The lowest BCUT2D eigenvalue weighted by Crippen LogP contribution is -2.37. The molecule has 0 aromatic carbocycles. The van der Waals surface area contributed by atoms with Crippen LogP contribution in [-0.4, -0.2) is 62.8 Å². The molecule has 1 fully saturated rings. The Kier molecular flexibility index (Phi) is 4.84. The second-order valence-electron chi connectivity index (χ2n) is 6.65. The van der Waals surface area contributed by atoms with Gasteiger partial charge < -0.3 is 14.2 Å². The minimum Gasteiger partial charge on any atom is -0.378 e.